The Kier molecular flexibility index (Phi) is 4.15. The molecule has 4 aromatic rings. The highest BCUT2D eigenvalue weighted by Gasteiger charge is 2.22. The van der Waals surface area contributed by atoms with Gasteiger partial charge in [-0.1, -0.05) is 60.7 Å². The Balaban J connectivity index is 1.85. The number of nitrogens with two attached hydrogens (primary N) is 2. The lowest BCUT2D eigenvalue weighted by molar-refractivity contribution is 0.577. The van der Waals surface area contributed by atoms with Crippen molar-refractivity contribution in [1.82, 2.24) is 0 Å². The van der Waals surface area contributed by atoms with E-state index in [4.69, 9.17) is 11.5 Å². The van der Waals surface area contributed by atoms with Gasteiger partial charge in [-0.3, -0.25) is 0 Å². The van der Waals surface area contributed by atoms with Gasteiger partial charge in [0.25, 0.3) is 0 Å². The number of hydrogen-bond acceptors (Lipinski definition) is 2. The van der Waals surface area contributed by atoms with E-state index in [0.29, 0.717) is 10.8 Å². The van der Waals surface area contributed by atoms with Gasteiger partial charge in [-0.15, -0.1) is 0 Å². The average Bonchev–Trinajstić information content (AvgIpc) is 2.68. The first-order chi connectivity index (χ1) is 12.6. The fourth-order valence-electron chi connectivity index (χ4n) is 3.54. The van der Waals surface area contributed by atoms with Gasteiger partial charge in [0.2, 0.25) is 0 Å². The number of rotatable bonds is 3. The highest BCUT2D eigenvalue weighted by Crippen LogP contribution is 2.34. The van der Waals surface area contributed by atoms with Crippen LogP contribution >= 0.6 is 0 Å². The SMILES string of the molecule is NC(c1ccc(F)c2ccccc12)C(N)c1ccc(F)c2ccccc12. The van der Waals surface area contributed by atoms with Crippen molar-refractivity contribution < 1.29 is 8.78 Å². The maximum absolute atomic E-state index is 14.1. The molecule has 0 amide bonds. The van der Waals surface area contributed by atoms with Crippen LogP contribution < -0.4 is 11.5 Å². The first-order valence-corrected chi connectivity index (χ1v) is 8.43. The summed E-state index contributed by atoms with van der Waals surface area (Å²) in [6, 6.07) is 19.4. The molecule has 2 unspecified atom stereocenters. The molecule has 0 radical (unpaired) electrons. The van der Waals surface area contributed by atoms with Crippen LogP contribution in [0.1, 0.15) is 23.2 Å². The van der Waals surface area contributed by atoms with Gasteiger partial charge >= 0.3 is 0 Å². The molecule has 0 saturated heterocycles. The van der Waals surface area contributed by atoms with Crippen molar-refractivity contribution in [1.29, 1.82) is 0 Å². The fraction of sp³-hybridized carbons (Fsp3) is 0.0909. The summed E-state index contributed by atoms with van der Waals surface area (Å²) in [5, 5.41) is 2.50. The van der Waals surface area contributed by atoms with Gasteiger partial charge in [0.1, 0.15) is 11.6 Å². The summed E-state index contributed by atoms with van der Waals surface area (Å²) in [6.45, 7) is 0. The largest absolute Gasteiger partial charge is 0.322 e. The van der Waals surface area contributed by atoms with Crippen molar-refractivity contribution >= 4 is 21.5 Å². The minimum Gasteiger partial charge on any atom is -0.322 e. The number of hydrogen-bond donors (Lipinski definition) is 2. The second-order valence-electron chi connectivity index (χ2n) is 6.42. The van der Waals surface area contributed by atoms with Crippen molar-refractivity contribution in [3.8, 4) is 0 Å². The molecule has 0 bridgehead atoms. The van der Waals surface area contributed by atoms with Crippen LogP contribution in [-0.4, -0.2) is 0 Å². The second-order valence-corrected chi connectivity index (χ2v) is 6.42. The van der Waals surface area contributed by atoms with Crippen LogP contribution in [0, 0.1) is 11.6 Å². The van der Waals surface area contributed by atoms with Crippen LogP contribution in [0.2, 0.25) is 0 Å². The van der Waals surface area contributed by atoms with Crippen molar-refractivity contribution in [3.63, 3.8) is 0 Å². The summed E-state index contributed by atoms with van der Waals surface area (Å²) in [4.78, 5) is 0. The van der Waals surface area contributed by atoms with Gasteiger partial charge < -0.3 is 11.5 Å². The zero-order chi connectivity index (χ0) is 18.3. The molecule has 0 aliphatic rings. The van der Waals surface area contributed by atoms with E-state index >= 15 is 0 Å². The van der Waals surface area contributed by atoms with E-state index in [1.165, 1.54) is 12.1 Å². The van der Waals surface area contributed by atoms with Gasteiger partial charge in [0, 0.05) is 22.9 Å². The Labute approximate surface area is 150 Å². The quantitative estimate of drug-likeness (QED) is 0.549. The summed E-state index contributed by atoms with van der Waals surface area (Å²) in [5.74, 6) is -0.588. The van der Waals surface area contributed by atoms with Crippen molar-refractivity contribution in [2.24, 2.45) is 11.5 Å². The minimum absolute atomic E-state index is 0.294. The molecule has 0 spiro atoms. The van der Waals surface area contributed by atoms with Crippen LogP contribution in [0.3, 0.4) is 0 Å². The molecule has 0 aliphatic heterocycles. The second kappa shape index (κ2) is 6.48. The van der Waals surface area contributed by atoms with E-state index in [0.717, 1.165) is 21.9 Å². The molecule has 4 aromatic carbocycles. The Morgan fingerprint density at radius 1 is 0.500 bits per heavy atom. The molecule has 26 heavy (non-hydrogen) atoms. The van der Waals surface area contributed by atoms with Crippen molar-refractivity contribution in [2.75, 3.05) is 0 Å². The fourth-order valence-corrected chi connectivity index (χ4v) is 3.54. The third-order valence-corrected chi connectivity index (χ3v) is 4.91. The lowest BCUT2D eigenvalue weighted by atomic mass is 9.89. The molecule has 4 rings (SSSR count). The zero-order valence-electron chi connectivity index (χ0n) is 14.0. The monoisotopic (exact) mass is 348 g/mol. The van der Waals surface area contributed by atoms with E-state index in [-0.39, 0.29) is 11.6 Å². The molecule has 0 heterocycles. The topological polar surface area (TPSA) is 52.0 Å². The van der Waals surface area contributed by atoms with Crippen LogP contribution in [-0.2, 0) is 0 Å². The summed E-state index contributed by atoms with van der Waals surface area (Å²) in [6.07, 6.45) is 0. The first-order valence-electron chi connectivity index (χ1n) is 8.43. The van der Waals surface area contributed by atoms with E-state index in [2.05, 4.69) is 0 Å². The molecular formula is C22H18F2N2. The van der Waals surface area contributed by atoms with E-state index < -0.39 is 12.1 Å². The van der Waals surface area contributed by atoms with Gasteiger partial charge in [0.05, 0.1) is 0 Å². The molecule has 0 fully saturated rings. The summed E-state index contributed by atoms with van der Waals surface area (Å²) in [5.41, 5.74) is 14.5. The predicted octanol–water partition coefficient (Wildman–Crippen LogP) is 4.97. The van der Waals surface area contributed by atoms with Crippen LogP contribution in [0.15, 0.2) is 72.8 Å². The molecule has 0 aromatic heterocycles. The molecule has 2 nitrogen and oxygen atoms in total. The van der Waals surface area contributed by atoms with Crippen molar-refractivity contribution in [2.45, 2.75) is 12.1 Å². The van der Waals surface area contributed by atoms with Crippen LogP contribution in [0.4, 0.5) is 8.78 Å². The maximum atomic E-state index is 14.1. The van der Waals surface area contributed by atoms with E-state index in [1.54, 1.807) is 36.4 Å². The smallest absolute Gasteiger partial charge is 0.131 e. The van der Waals surface area contributed by atoms with E-state index in [1.807, 2.05) is 24.3 Å². The van der Waals surface area contributed by atoms with Gasteiger partial charge in [-0.25, -0.2) is 8.78 Å². The average molecular weight is 348 g/mol. The third kappa shape index (κ3) is 2.64. The van der Waals surface area contributed by atoms with E-state index in [9.17, 15) is 8.78 Å². The lowest BCUT2D eigenvalue weighted by Gasteiger charge is -2.24. The summed E-state index contributed by atoms with van der Waals surface area (Å²) >= 11 is 0. The first kappa shape index (κ1) is 16.6. The highest BCUT2D eigenvalue weighted by atomic mass is 19.1. The van der Waals surface area contributed by atoms with Gasteiger partial charge in [0.15, 0.2) is 0 Å². The Bertz CT molecular complexity index is 1020. The normalized spacial score (nSPS) is 13.8. The molecule has 4 N–H and O–H groups in total. The Hall–Kier alpha value is -2.82. The molecule has 4 heteroatoms. The molecular weight excluding hydrogens is 330 g/mol. The summed E-state index contributed by atoms with van der Waals surface area (Å²) in [7, 11) is 0. The zero-order valence-corrected chi connectivity index (χ0v) is 14.0. The molecule has 130 valence electrons. The van der Waals surface area contributed by atoms with Gasteiger partial charge in [-0.2, -0.15) is 0 Å². The minimum atomic E-state index is -0.561. The number of halogens is 2. The van der Waals surface area contributed by atoms with Crippen molar-refractivity contribution in [3.05, 3.63) is 95.6 Å². The number of fused-ring (bicyclic) bond motifs is 2. The highest BCUT2D eigenvalue weighted by molar-refractivity contribution is 5.88. The van der Waals surface area contributed by atoms with Crippen LogP contribution in [0.5, 0.6) is 0 Å². The molecule has 0 saturated carbocycles. The summed E-state index contributed by atoms with van der Waals surface area (Å²) < 4.78 is 28.2. The molecule has 0 aliphatic carbocycles. The number of benzene rings is 4. The maximum Gasteiger partial charge on any atom is 0.131 e. The standard InChI is InChI=1S/C22H18F2N2/c23-19-11-9-17(13-5-1-3-7-15(13)19)21(25)22(26)18-10-12-20(24)16-8-4-2-6-14(16)18/h1-12,21-22H,25-26H2. The van der Waals surface area contributed by atoms with Gasteiger partial charge in [-0.05, 0) is 34.0 Å². The van der Waals surface area contributed by atoms with Crippen LogP contribution in [0.25, 0.3) is 21.5 Å². The predicted molar refractivity (Wildman–Crippen MR) is 102 cm³/mol. The molecule has 2 atom stereocenters. The third-order valence-electron chi connectivity index (χ3n) is 4.91. The Morgan fingerprint density at radius 3 is 1.23 bits per heavy atom. The lowest BCUT2D eigenvalue weighted by Crippen LogP contribution is -2.27. The Morgan fingerprint density at radius 2 is 0.846 bits per heavy atom.